The predicted octanol–water partition coefficient (Wildman–Crippen LogP) is 1.84. The van der Waals surface area contributed by atoms with Crippen LogP contribution in [0.2, 0.25) is 0 Å². The Balaban J connectivity index is 1.70. The molecule has 3 rings (SSSR count). The number of carbonyl (C=O) groups is 2. The molecule has 0 unspecified atom stereocenters. The molecule has 32 heavy (non-hydrogen) atoms. The van der Waals surface area contributed by atoms with Gasteiger partial charge in [0, 0.05) is 11.6 Å². The molecular formula is C22H27N3O6S. The standard InChI is InChI=1S/C22H27N3O6S/c1-13(2)20(22(27)24-23-21(26)17-7-5-14(3)11-15(17)4)25-32(28,29)16-6-8-18-19(12-16)31-10-9-30-18/h5-8,11-13,20,25H,9-10H2,1-4H3,(H,23,26)(H,24,27)/t20-/m0/s1. The highest BCUT2D eigenvalue weighted by Crippen LogP contribution is 2.32. The van der Waals surface area contributed by atoms with Crippen LogP contribution in [0.1, 0.15) is 35.3 Å². The molecule has 0 fully saturated rings. The van der Waals surface area contributed by atoms with Gasteiger partial charge in [-0.2, -0.15) is 4.72 Å². The third kappa shape index (κ3) is 5.38. The molecule has 2 amide bonds. The maximum atomic E-state index is 12.9. The number of fused-ring (bicyclic) bond motifs is 1. The fraction of sp³-hybridized carbons (Fsp3) is 0.364. The Morgan fingerprint density at radius 1 is 0.938 bits per heavy atom. The Morgan fingerprint density at radius 2 is 1.62 bits per heavy atom. The van der Waals surface area contributed by atoms with E-state index in [4.69, 9.17) is 9.47 Å². The molecule has 0 spiro atoms. The van der Waals surface area contributed by atoms with Crippen LogP contribution in [-0.2, 0) is 14.8 Å². The number of amides is 2. The van der Waals surface area contributed by atoms with Crippen molar-refractivity contribution >= 4 is 21.8 Å². The molecule has 10 heteroatoms. The first-order chi connectivity index (χ1) is 15.1. The van der Waals surface area contributed by atoms with Gasteiger partial charge in [-0.3, -0.25) is 20.4 Å². The Kier molecular flexibility index (Phi) is 7.05. The van der Waals surface area contributed by atoms with Gasteiger partial charge in [-0.1, -0.05) is 31.5 Å². The molecule has 9 nitrogen and oxygen atoms in total. The first-order valence-electron chi connectivity index (χ1n) is 10.2. The number of ether oxygens (including phenoxy) is 2. The minimum Gasteiger partial charge on any atom is -0.486 e. The normalized spacial score (nSPS) is 14.0. The molecule has 1 aliphatic rings. The highest BCUT2D eigenvalue weighted by molar-refractivity contribution is 7.89. The summed E-state index contributed by atoms with van der Waals surface area (Å²) in [6.07, 6.45) is 0. The molecule has 3 N–H and O–H groups in total. The van der Waals surface area contributed by atoms with Crippen molar-refractivity contribution in [3.05, 3.63) is 53.1 Å². The van der Waals surface area contributed by atoms with Crippen molar-refractivity contribution in [3.8, 4) is 11.5 Å². The van der Waals surface area contributed by atoms with E-state index in [1.54, 1.807) is 32.9 Å². The first-order valence-corrected chi connectivity index (χ1v) is 11.7. The summed E-state index contributed by atoms with van der Waals surface area (Å²) >= 11 is 0. The molecule has 1 aliphatic heterocycles. The van der Waals surface area contributed by atoms with E-state index in [-0.39, 0.29) is 10.8 Å². The van der Waals surface area contributed by atoms with Gasteiger partial charge in [0.2, 0.25) is 10.0 Å². The summed E-state index contributed by atoms with van der Waals surface area (Å²) in [5.41, 5.74) is 6.85. The molecule has 0 bridgehead atoms. The Morgan fingerprint density at radius 3 is 2.28 bits per heavy atom. The van der Waals surface area contributed by atoms with Crippen LogP contribution in [0.5, 0.6) is 11.5 Å². The van der Waals surface area contributed by atoms with E-state index in [0.717, 1.165) is 11.1 Å². The lowest BCUT2D eigenvalue weighted by atomic mass is 10.1. The largest absolute Gasteiger partial charge is 0.486 e. The second-order valence-corrected chi connectivity index (χ2v) is 9.62. The minimum absolute atomic E-state index is 0.0560. The number of rotatable bonds is 6. The summed E-state index contributed by atoms with van der Waals surface area (Å²) in [4.78, 5) is 25.1. The zero-order valence-corrected chi connectivity index (χ0v) is 19.2. The van der Waals surface area contributed by atoms with Crippen LogP contribution in [0.4, 0.5) is 0 Å². The fourth-order valence-electron chi connectivity index (χ4n) is 3.25. The van der Waals surface area contributed by atoms with Crippen molar-refractivity contribution in [3.63, 3.8) is 0 Å². The molecule has 0 saturated carbocycles. The van der Waals surface area contributed by atoms with Crippen LogP contribution in [0.15, 0.2) is 41.3 Å². The number of benzene rings is 2. The van der Waals surface area contributed by atoms with Gasteiger partial charge in [0.15, 0.2) is 11.5 Å². The van der Waals surface area contributed by atoms with Crippen molar-refractivity contribution in [2.24, 2.45) is 5.92 Å². The summed E-state index contributed by atoms with van der Waals surface area (Å²) in [7, 11) is -4.04. The smallest absolute Gasteiger partial charge is 0.269 e. The maximum absolute atomic E-state index is 12.9. The second-order valence-electron chi connectivity index (χ2n) is 7.91. The van der Waals surface area contributed by atoms with Gasteiger partial charge in [-0.25, -0.2) is 8.42 Å². The monoisotopic (exact) mass is 461 g/mol. The molecule has 0 aromatic heterocycles. The number of aryl methyl sites for hydroxylation is 2. The summed E-state index contributed by atoms with van der Waals surface area (Å²) in [5, 5.41) is 0. The number of hydrazine groups is 1. The lowest BCUT2D eigenvalue weighted by Gasteiger charge is -2.23. The summed E-state index contributed by atoms with van der Waals surface area (Å²) in [6.45, 7) is 7.81. The van der Waals surface area contributed by atoms with Crippen molar-refractivity contribution in [2.75, 3.05) is 13.2 Å². The Hall–Kier alpha value is -3.11. The van der Waals surface area contributed by atoms with Gasteiger partial charge in [0.1, 0.15) is 19.3 Å². The number of hydrogen-bond donors (Lipinski definition) is 3. The average Bonchev–Trinajstić information content (AvgIpc) is 2.75. The fourth-order valence-corrected chi connectivity index (χ4v) is 4.61. The maximum Gasteiger partial charge on any atom is 0.269 e. The van der Waals surface area contributed by atoms with E-state index < -0.39 is 27.9 Å². The average molecular weight is 462 g/mol. The number of nitrogens with one attached hydrogen (secondary N) is 3. The lowest BCUT2D eigenvalue weighted by molar-refractivity contribution is -0.124. The third-order valence-corrected chi connectivity index (χ3v) is 6.42. The van der Waals surface area contributed by atoms with E-state index in [2.05, 4.69) is 15.6 Å². The summed E-state index contributed by atoms with van der Waals surface area (Å²) in [5.74, 6) is -0.778. The van der Waals surface area contributed by atoms with E-state index in [1.807, 2.05) is 13.0 Å². The van der Waals surface area contributed by atoms with Crippen LogP contribution >= 0.6 is 0 Å². The molecule has 0 saturated heterocycles. The van der Waals surface area contributed by atoms with Crippen molar-refractivity contribution in [1.29, 1.82) is 0 Å². The van der Waals surface area contributed by atoms with Gasteiger partial charge >= 0.3 is 0 Å². The third-order valence-electron chi connectivity index (χ3n) is 4.98. The van der Waals surface area contributed by atoms with Crippen LogP contribution in [0, 0.1) is 19.8 Å². The molecule has 2 aromatic carbocycles. The van der Waals surface area contributed by atoms with Gasteiger partial charge in [-0.15, -0.1) is 0 Å². The molecule has 2 aromatic rings. The SMILES string of the molecule is Cc1ccc(C(=O)NNC(=O)[C@@H](NS(=O)(=O)c2ccc3c(c2)OCCO3)C(C)C)c(C)c1. The number of carbonyl (C=O) groups excluding carboxylic acids is 2. The first kappa shape index (κ1) is 23.6. The van der Waals surface area contributed by atoms with E-state index >= 15 is 0 Å². The van der Waals surface area contributed by atoms with Crippen molar-refractivity contribution in [1.82, 2.24) is 15.6 Å². The van der Waals surface area contributed by atoms with E-state index in [0.29, 0.717) is 30.3 Å². The summed E-state index contributed by atoms with van der Waals surface area (Å²) < 4.78 is 39.1. The second kappa shape index (κ2) is 9.58. The highest BCUT2D eigenvalue weighted by atomic mass is 32.2. The lowest BCUT2D eigenvalue weighted by Crippen LogP contribution is -2.54. The van der Waals surface area contributed by atoms with E-state index in [1.165, 1.54) is 18.2 Å². The number of sulfonamides is 1. The quantitative estimate of drug-likeness (QED) is 0.564. The zero-order chi connectivity index (χ0) is 23.5. The molecule has 1 heterocycles. The highest BCUT2D eigenvalue weighted by Gasteiger charge is 2.29. The van der Waals surface area contributed by atoms with Gasteiger partial charge < -0.3 is 9.47 Å². The zero-order valence-electron chi connectivity index (χ0n) is 18.4. The van der Waals surface area contributed by atoms with Crippen LogP contribution in [-0.4, -0.2) is 39.5 Å². The van der Waals surface area contributed by atoms with Crippen molar-refractivity contribution < 1.29 is 27.5 Å². The Labute approximate surface area is 187 Å². The summed E-state index contributed by atoms with van der Waals surface area (Å²) in [6, 6.07) is 8.44. The van der Waals surface area contributed by atoms with Gasteiger partial charge in [0.25, 0.3) is 11.8 Å². The molecule has 172 valence electrons. The van der Waals surface area contributed by atoms with E-state index in [9.17, 15) is 18.0 Å². The predicted molar refractivity (Wildman–Crippen MR) is 118 cm³/mol. The molecule has 1 atom stereocenters. The topological polar surface area (TPSA) is 123 Å². The van der Waals surface area contributed by atoms with Crippen LogP contribution in [0.3, 0.4) is 0 Å². The molecule has 0 radical (unpaired) electrons. The van der Waals surface area contributed by atoms with Crippen molar-refractivity contribution in [2.45, 2.75) is 38.6 Å². The van der Waals surface area contributed by atoms with Gasteiger partial charge in [0.05, 0.1) is 4.90 Å². The van der Waals surface area contributed by atoms with Crippen LogP contribution in [0.25, 0.3) is 0 Å². The Bertz CT molecular complexity index is 1130. The molecule has 0 aliphatic carbocycles. The minimum atomic E-state index is -4.04. The van der Waals surface area contributed by atoms with Gasteiger partial charge in [-0.05, 0) is 43.5 Å². The van der Waals surface area contributed by atoms with Crippen LogP contribution < -0.4 is 25.0 Å². The number of hydrogen-bond acceptors (Lipinski definition) is 6. The molecular weight excluding hydrogens is 434 g/mol.